The van der Waals surface area contributed by atoms with Gasteiger partial charge in [0.25, 0.3) is 0 Å². The molecule has 1 saturated carbocycles. The van der Waals surface area contributed by atoms with Gasteiger partial charge in [-0.1, -0.05) is 17.9 Å². The number of benzene rings is 1. The topological polar surface area (TPSA) is 44.4 Å². The van der Waals surface area contributed by atoms with Gasteiger partial charge in [0.2, 0.25) is 0 Å². The minimum Gasteiger partial charge on any atom is -0.369 e. The molecular weight excluding hydrogens is 435 g/mol. The van der Waals surface area contributed by atoms with E-state index >= 15 is 0 Å². The number of rotatable bonds is 6. The van der Waals surface area contributed by atoms with Gasteiger partial charge in [0.1, 0.15) is 13.3 Å². The Hall–Kier alpha value is -2.66. The van der Waals surface area contributed by atoms with Crippen LogP contribution >= 0.6 is 11.3 Å². The predicted octanol–water partition coefficient (Wildman–Crippen LogP) is 4.33. The van der Waals surface area contributed by atoms with Crippen molar-refractivity contribution in [2.75, 3.05) is 51.0 Å². The zero-order valence-corrected chi connectivity index (χ0v) is 19.4. The fourth-order valence-electron chi connectivity index (χ4n) is 4.97. The number of aromatic nitrogens is 2. The largest absolute Gasteiger partial charge is 0.369 e. The van der Waals surface area contributed by atoms with Crippen LogP contribution in [0.1, 0.15) is 28.8 Å². The second-order valence-electron chi connectivity index (χ2n) is 8.94. The molecule has 0 bridgehead atoms. The van der Waals surface area contributed by atoms with Crippen LogP contribution in [0.25, 0.3) is 22.5 Å². The summed E-state index contributed by atoms with van der Waals surface area (Å²) in [6.07, 6.45) is 3.68. The van der Waals surface area contributed by atoms with Crippen molar-refractivity contribution in [3.05, 3.63) is 45.6 Å². The maximum atomic E-state index is 12.1. The summed E-state index contributed by atoms with van der Waals surface area (Å²) in [7, 11) is 0. The molecule has 0 spiro atoms. The first-order valence-electron chi connectivity index (χ1n) is 11.7. The summed E-state index contributed by atoms with van der Waals surface area (Å²) >= 11 is 1.60. The number of nitrogens with one attached hydrogen (secondary N) is 1. The van der Waals surface area contributed by atoms with Crippen LogP contribution in [0.15, 0.2) is 29.6 Å². The second kappa shape index (κ2) is 8.94. The van der Waals surface area contributed by atoms with Crippen molar-refractivity contribution in [2.24, 2.45) is 0 Å². The second-order valence-corrected chi connectivity index (χ2v) is 9.85. The molecule has 170 valence electrons. The van der Waals surface area contributed by atoms with Crippen LogP contribution in [0.4, 0.5) is 10.1 Å². The summed E-state index contributed by atoms with van der Waals surface area (Å²) in [5.41, 5.74) is 8.50. The van der Waals surface area contributed by atoms with Crippen molar-refractivity contribution in [3.8, 4) is 34.4 Å². The van der Waals surface area contributed by atoms with E-state index < -0.39 is 6.67 Å². The smallest absolute Gasteiger partial charge is 0.113 e. The van der Waals surface area contributed by atoms with Crippen LogP contribution in [0.5, 0.6) is 0 Å². The SMILES string of the molecule is FCCOCC#Cc1cc(-c2n[nH]c3c2Cc2cc(N4CCN(C5CC5)CC4)ccc2-3)cs1. The van der Waals surface area contributed by atoms with Crippen LogP contribution in [0, 0.1) is 11.8 Å². The van der Waals surface area contributed by atoms with E-state index in [9.17, 15) is 4.39 Å². The van der Waals surface area contributed by atoms with Crippen LogP contribution in [0.2, 0.25) is 0 Å². The third kappa shape index (κ3) is 4.19. The predicted molar refractivity (Wildman–Crippen MR) is 131 cm³/mol. The highest BCUT2D eigenvalue weighted by Crippen LogP contribution is 2.42. The average molecular weight is 463 g/mol. The third-order valence-corrected chi connectivity index (χ3v) is 7.66. The lowest BCUT2D eigenvalue weighted by Gasteiger charge is -2.36. The lowest BCUT2D eigenvalue weighted by atomic mass is 10.1. The van der Waals surface area contributed by atoms with Gasteiger partial charge in [0, 0.05) is 66.4 Å². The van der Waals surface area contributed by atoms with E-state index in [0.717, 1.165) is 47.4 Å². The van der Waals surface area contributed by atoms with Gasteiger partial charge >= 0.3 is 0 Å². The number of nitrogens with zero attached hydrogens (tertiary/aromatic N) is 3. The van der Waals surface area contributed by atoms with Gasteiger partial charge in [-0.3, -0.25) is 10.00 Å². The molecule has 5 nitrogen and oxygen atoms in total. The Bertz CT molecular complexity index is 1210. The lowest BCUT2D eigenvalue weighted by Crippen LogP contribution is -2.47. The third-order valence-electron chi connectivity index (χ3n) is 6.82. The number of piperazine rings is 1. The fourth-order valence-corrected chi connectivity index (χ4v) is 5.73. The molecule has 1 N–H and O–H groups in total. The van der Waals surface area contributed by atoms with Gasteiger partial charge in [-0.25, -0.2) is 4.39 Å². The molecule has 0 atom stereocenters. The number of ether oxygens (including phenoxy) is 1. The molecule has 0 unspecified atom stereocenters. The molecule has 3 aliphatic rings. The molecule has 33 heavy (non-hydrogen) atoms. The van der Waals surface area contributed by atoms with Crippen LogP contribution in [0.3, 0.4) is 0 Å². The number of aromatic amines is 1. The van der Waals surface area contributed by atoms with Crippen molar-refractivity contribution in [1.82, 2.24) is 15.1 Å². The van der Waals surface area contributed by atoms with E-state index in [4.69, 9.17) is 4.74 Å². The molecule has 1 saturated heterocycles. The van der Waals surface area contributed by atoms with Crippen LogP contribution in [-0.4, -0.2) is 67.2 Å². The number of hydrogen-bond donors (Lipinski definition) is 1. The van der Waals surface area contributed by atoms with Gasteiger partial charge in [-0.05, 0) is 36.6 Å². The molecule has 1 aromatic carbocycles. The minimum absolute atomic E-state index is 0.0999. The van der Waals surface area contributed by atoms with Gasteiger partial charge in [-0.15, -0.1) is 11.3 Å². The zero-order chi connectivity index (χ0) is 22.2. The first-order chi connectivity index (χ1) is 16.3. The summed E-state index contributed by atoms with van der Waals surface area (Å²) < 4.78 is 17.2. The maximum Gasteiger partial charge on any atom is 0.113 e. The molecule has 2 fully saturated rings. The summed E-state index contributed by atoms with van der Waals surface area (Å²) in [6.45, 7) is 4.47. The molecular formula is C26H27FN4OS. The Kier molecular flexibility index (Phi) is 5.67. The highest BCUT2D eigenvalue weighted by atomic mass is 32.1. The molecule has 1 aliphatic heterocycles. The average Bonchev–Trinajstić information content (AvgIpc) is 3.29. The highest BCUT2D eigenvalue weighted by molar-refractivity contribution is 7.11. The molecule has 7 heteroatoms. The summed E-state index contributed by atoms with van der Waals surface area (Å²) in [6, 6.07) is 9.85. The highest BCUT2D eigenvalue weighted by Gasteiger charge is 2.32. The molecule has 2 aromatic heterocycles. The van der Waals surface area contributed by atoms with E-state index in [1.165, 1.54) is 48.3 Å². The van der Waals surface area contributed by atoms with Gasteiger partial charge in [0.15, 0.2) is 0 Å². The summed E-state index contributed by atoms with van der Waals surface area (Å²) in [5, 5.41) is 10.0. The normalized spacial score (nSPS) is 17.5. The Balaban J connectivity index is 1.16. The summed E-state index contributed by atoms with van der Waals surface area (Å²) in [4.78, 5) is 6.16. The first-order valence-corrected chi connectivity index (χ1v) is 12.6. The van der Waals surface area contributed by atoms with Crippen LogP contribution in [-0.2, 0) is 11.2 Å². The van der Waals surface area contributed by atoms with Gasteiger partial charge in [0.05, 0.1) is 22.9 Å². The van der Waals surface area contributed by atoms with E-state index in [2.05, 4.69) is 61.5 Å². The number of hydrogen-bond acceptors (Lipinski definition) is 5. The molecule has 3 heterocycles. The Morgan fingerprint density at radius 2 is 2.06 bits per heavy atom. The molecule has 0 amide bonds. The van der Waals surface area contributed by atoms with Crippen molar-refractivity contribution in [2.45, 2.75) is 25.3 Å². The Labute approximate surface area is 197 Å². The number of thiophene rings is 1. The quantitative estimate of drug-likeness (QED) is 0.342. The Morgan fingerprint density at radius 1 is 1.18 bits per heavy atom. The molecule has 3 aromatic rings. The number of anilines is 1. The van der Waals surface area contributed by atoms with Gasteiger partial charge in [-0.2, -0.15) is 5.10 Å². The lowest BCUT2D eigenvalue weighted by molar-refractivity contribution is 0.148. The number of fused-ring (bicyclic) bond motifs is 3. The van der Waals surface area contributed by atoms with E-state index in [1.807, 2.05) is 0 Å². The van der Waals surface area contributed by atoms with E-state index in [1.54, 1.807) is 11.3 Å². The first kappa shape index (κ1) is 20.9. The number of alkyl halides is 1. The zero-order valence-electron chi connectivity index (χ0n) is 18.6. The minimum atomic E-state index is -0.476. The number of halogens is 1. The van der Waals surface area contributed by atoms with Crippen LogP contribution < -0.4 is 4.90 Å². The van der Waals surface area contributed by atoms with Crippen molar-refractivity contribution >= 4 is 17.0 Å². The van der Waals surface area contributed by atoms with E-state index in [-0.39, 0.29) is 13.2 Å². The maximum absolute atomic E-state index is 12.1. The molecule has 6 rings (SSSR count). The van der Waals surface area contributed by atoms with Crippen molar-refractivity contribution < 1.29 is 9.13 Å². The number of H-pyrrole nitrogens is 1. The molecule has 2 aliphatic carbocycles. The van der Waals surface area contributed by atoms with Crippen molar-refractivity contribution in [1.29, 1.82) is 0 Å². The van der Waals surface area contributed by atoms with Gasteiger partial charge < -0.3 is 9.64 Å². The standard InChI is InChI=1S/C26H27FN4OS/c27-7-13-32-12-1-2-22-15-19(17-33-22)25-24-16-18-14-21(5-6-23(18)26(24)29-28-25)31-10-8-30(9-11-31)20-3-4-20/h5-6,14-15,17,20H,3-4,7-13,16H2,(H,28,29). The Morgan fingerprint density at radius 3 is 2.88 bits per heavy atom. The monoisotopic (exact) mass is 462 g/mol. The fraction of sp³-hybridized carbons (Fsp3) is 0.423. The van der Waals surface area contributed by atoms with Crippen molar-refractivity contribution in [3.63, 3.8) is 0 Å². The molecule has 0 radical (unpaired) electrons. The van der Waals surface area contributed by atoms with E-state index in [0.29, 0.717) is 0 Å². The summed E-state index contributed by atoms with van der Waals surface area (Å²) in [5.74, 6) is 6.05.